The summed E-state index contributed by atoms with van der Waals surface area (Å²) in [5.74, 6) is 0.210. The minimum Gasteiger partial charge on any atom is -0.508 e. The zero-order valence-corrected chi connectivity index (χ0v) is 9.92. The Morgan fingerprint density at radius 3 is 2.88 bits per heavy atom. The van der Waals surface area contributed by atoms with Crippen LogP contribution in [0, 0.1) is 0 Å². The molecule has 16 heavy (non-hydrogen) atoms. The molecule has 0 amide bonds. The van der Waals surface area contributed by atoms with Crippen LogP contribution < -0.4 is 0 Å². The van der Waals surface area contributed by atoms with Crippen molar-refractivity contribution in [2.45, 2.75) is 0 Å². The van der Waals surface area contributed by atoms with Crippen LogP contribution in [0.4, 0.5) is 5.69 Å². The average molecular weight is 277 g/mol. The molecule has 4 heteroatoms. The molecule has 0 saturated heterocycles. The fraction of sp³-hybridized carbons (Fsp3) is 0. The lowest BCUT2D eigenvalue weighted by atomic mass is 10.2. The van der Waals surface area contributed by atoms with Crippen LogP contribution in [0.5, 0.6) is 5.75 Å². The van der Waals surface area contributed by atoms with E-state index in [0.717, 1.165) is 15.7 Å². The second-order valence-corrected chi connectivity index (χ2v) is 4.13. The number of aliphatic imine (C=N–C) groups is 1. The first-order valence-corrected chi connectivity index (χ1v) is 5.47. The minimum atomic E-state index is 0.210. The Morgan fingerprint density at radius 2 is 2.19 bits per heavy atom. The summed E-state index contributed by atoms with van der Waals surface area (Å²) in [5, 5.41) is 9.39. The Morgan fingerprint density at radius 1 is 1.31 bits per heavy atom. The van der Waals surface area contributed by atoms with Gasteiger partial charge in [-0.25, -0.2) is 0 Å². The van der Waals surface area contributed by atoms with Gasteiger partial charge in [-0.3, -0.25) is 9.98 Å². The molecule has 0 aliphatic heterocycles. The number of hydrogen-bond donors (Lipinski definition) is 1. The molecule has 2 aromatic rings. The summed E-state index contributed by atoms with van der Waals surface area (Å²) in [6.07, 6.45) is 5.06. The first-order valence-electron chi connectivity index (χ1n) is 4.68. The van der Waals surface area contributed by atoms with Gasteiger partial charge < -0.3 is 5.11 Å². The maximum absolute atomic E-state index is 9.39. The number of hydrogen-bond acceptors (Lipinski definition) is 3. The van der Waals surface area contributed by atoms with Crippen molar-refractivity contribution in [1.29, 1.82) is 0 Å². The first-order chi connectivity index (χ1) is 7.74. The van der Waals surface area contributed by atoms with Crippen molar-refractivity contribution in [3.63, 3.8) is 0 Å². The van der Waals surface area contributed by atoms with Crippen molar-refractivity contribution >= 4 is 27.8 Å². The standard InChI is InChI=1S/C12H9BrN2O/c13-10-4-9(5-12(16)6-10)7-15-11-2-1-3-14-8-11/h1-8,16H. The van der Waals surface area contributed by atoms with Gasteiger partial charge in [-0.2, -0.15) is 0 Å². The fourth-order valence-electron chi connectivity index (χ4n) is 1.25. The molecule has 1 aromatic heterocycles. The second kappa shape index (κ2) is 4.90. The molecule has 1 heterocycles. The maximum atomic E-state index is 9.39. The molecule has 0 bridgehead atoms. The Bertz CT molecular complexity index is 491. The second-order valence-electron chi connectivity index (χ2n) is 3.21. The smallest absolute Gasteiger partial charge is 0.117 e. The van der Waals surface area contributed by atoms with E-state index in [2.05, 4.69) is 25.9 Å². The third-order valence-electron chi connectivity index (χ3n) is 1.91. The van der Waals surface area contributed by atoms with E-state index in [1.165, 1.54) is 0 Å². The van der Waals surface area contributed by atoms with Crippen LogP contribution in [-0.4, -0.2) is 16.3 Å². The molecule has 0 atom stereocenters. The largest absolute Gasteiger partial charge is 0.508 e. The zero-order chi connectivity index (χ0) is 11.4. The highest BCUT2D eigenvalue weighted by Crippen LogP contribution is 2.19. The van der Waals surface area contributed by atoms with E-state index >= 15 is 0 Å². The van der Waals surface area contributed by atoms with Crippen molar-refractivity contribution in [3.05, 3.63) is 52.8 Å². The molecule has 1 N–H and O–H groups in total. The van der Waals surface area contributed by atoms with Crippen LogP contribution in [0.2, 0.25) is 0 Å². The summed E-state index contributed by atoms with van der Waals surface area (Å²) in [6, 6.07) is 8.83. The van der Waals surface area contributed by atoms with Gasteiger partial charge >= 0.3 is 0 Å². The Hall–Kier alpha value is -1.68. The summed E-state index contributed by atoms with van der Waals surface area (Å²) in [6.45, 7) is 0. The molecule has 0 radical (unpaired) electrons. The molecule has 0 unspecified atom stereocenters. The average Bonchev–Trinajstić information content (AvgIpc) is 2.27. The van der Waals surface area contributed by atoms with E-state index in [1.54, 1.807) is 30.7 Å². The summed E-state index contributed by atoms with van der Waals surface area (Å²) in [5.41, 5.74) is 1.61. The topological polar surface area (TPSA) is 45.5 Å². The van der Waals surface area contributed by atoms with Crippen molar-refractivity contribution in [2.24, 2.45) is 4.99 Å². The number of phenols is 1. The minimum absolute atomic E-state index is 0.210. The highest BCUT2D eigenvalue weighted by molar-refractivity contribution is 9.10. The number of benzene rings is 1. The number of aromatic nitrogens is 1. The lowest BCUT2D eigenvalue weighted by Gasteiger charge is -1.97. The summed E-state index contributed by atoms with van der Waals surface area (Å²) in [4.78, 5) is 8.20. The van der Waals surface area contributed by atoms with E-state index in [4.69, 9.17) is 0 Å². The third kappa shape index (κ3) is 2.90. The zero-order valence-electron chi connectivity index (χ0n) is 8.34. The third-order valence-corrected chi connectivity index (χ3v) is 2.37. The fourth-order valence-corrected chi connectivity index (χ4v) is 1.75. The SMILES string of the molecule is Oc1cc(Br)cc(C=Nc2cccnc2)c1. The quantitative estimate of drug-likeness (QED) is 0.856. The van der Waals surface area contributed by atoms with E-state index in [1.807, 2.05) is 18.2 Å². The van der Waals surface area contributed by atoms with Gasteiger partial charge in [0.2, 0.25) is 0 Å². The molecule has 0 aliphatic carbocycles. The van der Waals surface area contributed by atoms with Gasteiger partial charge in [0.25, 0.3) is 0 Å². The summed E-state index contributed by atoms with van der Waals surface area (Å²) in [7, 11) is 0. The predicted molar refractivity (Wildman–Crippen MR) is 67.3 cm³/mol. The van der Waals surface area contributed by atoms with Gasteiger partial charge in [-0.15, -0.1) is 0 Å². The van der Waals surface area contributed by atoms with E-state index in [9.17, 15) is 5.11 Å². The Balaban J connectivity index is 2.24. The van der Waals surface area contributed by atoms with Crippen LogP contribution in [0.25, 0.3) is 0 Å². The molecule has 3 nitrogen and oxygen atoms in total. The number of halogens is 1. The predicted octanol–water partition coefficient (Wildman–Crippen LogP) is 3.30. The van der Waals surface area contributed by atoms with Crippen LogP contribution in [0.3, 0.4) is 0 Å². The van der Waals surface area contributed by atoms with Crippen LogP contribution >= 0.6 is 15.9 Å². The monoisotopic (exact) mass is 276 g/mol. The van der Waals surface area contributed by atoms with E-state index < -0.39 is 0 Å². The molecule has 1 aromatic carbocycles. The Kier molecular flexibility index (Phi) is 3.31. The number of rotatable bonds is 2. The molecule has 2 rings (SSSR count). The van der Waals surface area contributed by atoms with Crippen molar-refractivity contribution in [2.75, 3.05) is 0 Å². The molecule has 0 saturated carbocycles. The van der Waals surface area contributed by atoms with Gasteiger partial charge in [0.15, 0.2) is 0 Å². The van der Waals surface area contributed by atoms with Crippen molar-refractivity contribution in [1.82, 2.24) is 4.98 Å². The molecule has 80 valence electrons. The van der Waals surface area contributed by atoms with Gasteiger partial charge in [0.1, 0.15) is 5.75 Å². The highest BCUT2D eigenvalue weighted by atomic mass is 79.9. The van der Waals surface area contributed by atoms with Gasteiger partial charge in [0, 0.05) is 16.9 Å². The lowest BCUT2D eigenvalue weighted by molar-refractivity contribution is 0.475. The van der Waals surface area contributed by atoms with Gasteiger partial charge in [0.05, 0.1) is 11.9 Å². The number of aromatic hydroxyl groups is 1. The van der Waals surface area contributed by atoms with Gasteiger partial charge in [-0.1, -0.05) is 15.9 Å². The normalized spacial score (nSPS) is 10.8. The summed E-state index contributed by atoms with van der Waals surface area (Å²) >= 11 is 3.31. The van der Waals surface area contributed by atoms with Crippen LogP contribution in [-0.2, 0) is 0 Å². The van der Waals surface area contributed by atoms with Gasteiger partial charge in [-0.05, 0) is 35.9 Å². The van der Waals surface area contributed by atoms with Crippen LogP contribution in [0.1, 0.15) is 5.56 Å². The first kappa shape index (κ1) is 10.8. The molecule has 0 fully saturated rings. The number of phenolic OH excluding ortho intramolecular Hbond substituents is 1. The Labute approximate surface area is 102 Å². The number of pyridine rings is 1. The molecular formula is C12H9BrN2O. The lowest BCUT2D eigenvalue weighted by Crippen LogP contribution is -1.81. The number of nitrogens with zero attached hydrogens (tertiary/aromatic N) is 2. The van der Waals surface area contributed by atoms with Crippen molar-refractivity contribution in [3.8, 4) is 5.75 Å². The molecular weight excluding hydrogens is 268 g/mol. The van der Waals surface area contributed by atoms with Crippen molar-refractivity contribution < 1.29 is 5.11 Å². The highest BCUT2D eigenvalue weighted by Gasteiger charge is 1.95. The maximum Gasteiger partial charge on any atom is 0.117 e. The molecule has 0 aliphatic rings. The summed E-state index contributed by atoms with van der Waals surface area (Å²) < 4.78 is 0.820. The van der Waals surface area contributed by atoms with Crippen LogP contribution in [0.15, 0.2) is 52.2 Å². The van der Waals surface area contributed by atoms with E-state index in [0.29, 0.717) is 0 Å². The van der Waals surface area contributed by atoms with E-state index in [-0.39, 0.29) is 5.75 Å². The molecule has 0 spiro atoms.